The van der Waals surface area contributed by atoms with Gasteiger partial charge in [-0.1, -0.05) is 37.0 Å². The number of rotatable bonds is 4. The number of Topliss-reactive ketones (excluding diaryl/α,β-unsaturated/α-hetero) is 1. The third-order valence-corrected chi connectivity index (χ3v) is 2.54. The highest BCUT2D eigenvalue weighted by atomic mass is 35.5. The predicted octanol–water partition coefficient (Wildman–Crippen LogP) is 2.95. The number of nitrogens with zero attached hydrogens (tertiary/aromatic N) is 2. The van der Waals surface area contributed by atoms with Crippen LogP contribution in [0.15, 0.2) is 5.11 Å². The Morgan fingerprint density at radius 2 is 2.13 bits per heavy atom. The molecule has 1 aromatic rings. The number of imidazole rings is 1. The Bertz CT molecular complexity index is 368. The van der Waals surface area contributed by atoms with E-state index in [4.69, 9.17) is 28.7 Å². The minimum Gasteiger partial charge on any atom is -0.325 e. The van der Waals surface area contributed by atoms with Crippen LogP contribution in [0.25, 0.3) is 0 Å². The van der Waals surface area contributed by atoms with Gasteiger partial charge in [0.1, 0.15) is 11.2 Å². The third kappa shape index (κ3) is 2.54. The first-order chi connectivity index (χ1) is 6.97. The molecule has 0 aliphatic carbocycles. The summed E-state index contributed by atoms with van der Waals surface area (Å²) in [5, 5.41) is 3.42. The first-order valence-corrected chi connectivity index (χ1v) is 5.04. The van der Waals surface area contributed by atoms with Crippen LogP contribution in [-0.2, 0) is 0 Å². The molecular formula is C8H10Cl2N4O. The minimum absolute atomic E-state index is 0.0414. The van der Waals surface area contributed by atoms with E-state index >= 15 is 0 Å². The number of ketones is 1. The summed E-state index contributed by atoms with van der Waals surface area (Å²) in [5.41, 5.74) is 6.93. The van der Waals surface area contributed by atoms with Crippen molar-refractivity contribution >= 4 is 29.0 Å². The van der Waals surface area contributed by atoms with Gasteiger partial charge in [-0.2, -0.15) is 5.11 Å². The Kier molecular flexibility index (Phi) is 3.82. The lowest BCUT2D eigenvalue weighted by molar-refractivity contribution is 0.0927. The molecule has 1 atom stereocenters. The van der Waals surface area contributed by atoms with Gasteiger partial charge in [-0.3, -0.25) is 4.79 Å². The normalized spacial score (nSPS) is 12.9. The van der Waals surface area contributed by atoms with E-state index in [0.29, 0.717) is 0 Å². The van der Waals surface area contributed by atoms with Gasteiger partial charge in [0.15, 0.2) is 11.0 Å². The maximum absolute atomic E-state index is 11.8. The number of hydrogen-bond donors (Lipinski definition) is 2. The first kappa shape index (κ1) is 12.1. The summed E-state index contributed by atoms with van der Waals surface area (Å²) in [6.07, 6.45) is 0. The Labute approximate surface area is 96.7 Å². The van der Waals surface area contributed by atoms with Crippen LogP contribution in [0.2, 0.25) is 10.3 Å². The summed E-state index contributed by atoms with van der Waals surface area (Å²) in [6, 6.07) is -0.747. The molecule has 2 N–H and O–H groups in total. The SMILES string of the molecule is CC(C)C(N=N)C(=O)c1nc(Cl)c(Cl)[nH]1. The number of aromatic nitrogens is 2. The molecule has 7 heteroatoms. The minimum atomic E-state index is -0.747. The summed E-state index contributed by atoms with van der Waals surface area (Å²) >= 11 is 11.2. The van der Waals surface area contributed by atoms with Crippen LogP contribution >= 0.6 is 23.2 Å². The van der Waals surface area contributed by atoms with Gasteiger partial charge in [-0.15, -0.1) is 0 Å². The molecule has 15 heavy (non-hydrogen) atoms. The fraction of sp³-hybridized carbons (Fsp3) is 0.500. The molecule has 0 saturated carbocycles. The molecule has 0 fully saturated rings. The molecule has 0 aliphatic rings. The monoisotopic (exact) mass is 248 g/mol. The zero-order valence-corrected chi connectivity index (χ0v) is 9.73. The van der Waals surface area contributed by atoms with E-state index in [1.807, 2.05) is 0 Å². The van der Waals surface area contributed by atoms with E-state index in [0.717, 1.165) is 0 Å². The van der Waals surface area contributed by atoms with Crippen LogP contribution in [-0.4, -0.2) is 21.8 Å². The second kappa shape index (κ2) is 4.72. The lowest BCUT2D eigenvalue weighted by atomic mass is 10.0. The molecule has 0 amide bonds. The van der Waals surface area contributed by atoms with E-state index in [1.165, 1.54) is 0 Å². The van der Waals surface area contributed by atoms with E-state index in [2.05, 4.69) is 15.1 Å². The molecular weight excluding hydrogens is 239 g/mol. The predicted molar refractivity (Wildman–Crippen MR) is 56.7 cm³/mol. The fourth-order valence-electron chi connectivity index (χ4n) is 1.10. The number of hydrogen-bond acceptors (Lipinski definition) is 4. The zero-order chi connectivity index (χ0) is 11.6. The van der Waals surface area contributed by atoms with Gasteiger partial charge in [-0.25, -0.2) is 10.5 Å². The van der Waals surface area contributed by atoms with Crippen molar-refractivity contribution in [3.63, 3.8) is 0 Å². The number of H-pyrrole nitrogens is 1. The Balaban J connectivity index is 2.97. The second-order valence-electron chi connectivity index (χ2n) is 3.37. The van der Waals surface area contributed by atoms with Crippen LogP contribution in [0.1, 0.15) is 24.5 Å². The molecule has 0 saturated heterocycles. The van der Waals surface area contributed by atoms with Crippen molar-refractivity contribution in [3.8, 4) is 0 Å². The smallest absolute Gasteiger partial charge is 0.224 e. The molecule has 1 rings (SSSR count). The summed E-state index contributed by atoms with van der Waals surface area (Å²) in [4.78, 5) is 18.0. The highest BCUT2D eigenvalue weighted by molar-refractivity contribution is 6.40. The average Bonchev–Trinajstić information content (AvgIpc) is 2.47. The number of carbonyl (C=O) groups excluding carboxylic acids is 1. The largest absolute Gasteiger partial charge is 0.325 e. The summed E-state index contributed by atoms with van der Waals surface area (Å²) in [7, 11) is 0. The third-order valence-electron chi connectivity index (χ3n) is 1.89. The Morgan fingerprint density at radius 1 is 1.53 bits per heavy atom. The topological polar surface area (TPSA) is 82.0 Å². The fourth-order valence-corrected chi connectivity index (χ4v) is 1.36. The molecule has 0 bridgehead atoms. The average molecular weight is 249 g/mol. The van der Waals surface area contributed by atoms with E-state index in [-0.39, 0.29) is 27.8 Å². The molecule has 0 radical (unpaired) electrons. The van der Waals surface area contributed by atoms with Crippen molar-refractivity contribution in [1.29, 1.82) is 5.53 Å². The lowest BCUT2D eigenvalue weighted by Crippen LogP contribution is -2.25. The summed E-state index contributed by atoms with van der Waals surface area (Å²) in [6.45, 7) is 3.60. The molecule has 82 valence electrons. The van der Waals surface area contributed by atoms with E-state index in [1.54, 1.807) is 13.8 Å². The van der Waals surface area contributed by atoms with Gasteiger partial charge in [0.2, 0.25) is 5.78 Å². The molecule has 1 aromatic heterocycles. The zero-order valence-electron chi connectivity index (χ0n) is 8.21. The van der Waals surface area contributed by atoms with E-state index in [9.17, 15) is 4.79 Å². The highest BCUT2D eigenvalue weighted by Gasteiger charge is 2.26. The summed E-state index contributed by atoms with van der Waals surface area (Å²) in [5.74, 6) is -0.411. The van der Waals surface area contributed by atoms with Gasteiger partial charge in [0.05, 0.1) is 0 Å². The van der Waals surface area contributed by atoms with Crippen LogP contribution in [0.4, 0.5) is 0 Å². The number of aromatic amines is 1. The quantitative estimate of drug-likeness (QED) is 0.635. The van der Waals surface area contributed by atoms with E-state index < -0.39 is 6.04 Å². The first-order valence-electron chi connectivity index (χ1n) is 4.29. The summed E-state index contributed by atoms with van der Waals surface area (Å²) < 4.78 is 0. The number of carbonyl (C=O) groups is 1. The van der Waals surface area contributed by atoms with Crippen LogP contribution in [0.5, 0.6) is 0 Å². The highest BCUT2D eigenvalue weighted by Crippen LogP contribution is 2.20. The molecule has 1 unspecified atom stereocenters. The van der Waals surface area contributed by atoms with Crippen molar-refractivity contribution in [2.24, 2.45) is 11.0 Å². The number of nitrogens with one attached hydrogen (secondary N) is 2. The maximum atomic E-state index is 11.8. The lowest BCUT2D eigenvalue weighted by Gasteiger charge is -2.10. The van der Waals surface area contributed by atoms with Crippen molar-refractivity contribution in [2.75, 3.05) is 0 Å². The van der Waals surface area contributed by atoms with Crippen LogP contribution in [0.3, 0.4) is 0 Å². The van der Waals surface area contributed by atoms with Crippen LogP contribution < -0.4 is 0 Å². The van der Waals surface area contributed by atoms with Gasteiger partial charge >= 0.3 is 0 Å². The van der Waals surface area contributed by atoms with Crippen molar-refractivity contribution in [2.45, 2.75) is 19.9 Å². The second-order valence-corrected chi connectivity index (χ2v) is 4.11. The van der Waals surface area contributed by atoms with Crippen molar-refractivity contribution in [1.82, 2.24) is 9.97 Å². The van der Waals surface area contributed by atoms with Gasteiger partial charge < -0.3 is 4.98 Å². The maximum Gasteiger partial charge on any atom is 0.224 e. The Morgan fingerprint density at radius 3 is 2.47 bits per heavy atom. The number of halogens is 2. The van der Waals surface area contributed by atoms with Crippen molar-refractivity contribution < 1.29 is 4.79 Å². The van der Waals surface area contributed by atoms with Crippen LogP contribution in [0, 0.1) is 11.4 Å². The van der Waals surface area contributed by atoms with Gasteiger partial charge in [0.25, 0.3) is 0 Å². The van der Waals surface area contributed by atoms with Gasteiger partial charge in [-0.05, 0) is 5.92 Å². The van der Waals surface area contributed by atoms with Gasteiger partial charge in [0, 0.05) is 0 Å². The molecule has 1 heterocycles. The standard InChI is InChI=1S/C8H10Cl2N4O/c1-3(2)4(14-11)5(15)8-12-6(9)7(10)13-8/h3-4,11H,1-2H3,(H,12,13). The van der Waals surface area contributed by atoms with Crippen molar-refractivity contribution in [3.05, 3.63) is 16.1 Å². The molecule has 0 aromatic carbocycles. The Hall–Kier alpha value is -0.940. The molecule has 0 aliphatic heterocycles. The molecule has 0 spiro atoms. The molecule has 5 nitrogen and oxygen atoms in total.